The summed E-state index contributed by atoms with van der Waals surface area (Å²) in [6, 6.07) is 21.2. The van der Waals surface area contributed by atoms with E-state index in [0.717, 1.165) is 24.9 Å². The predicted molar refractivity (Wildman–Crippen MR) is 113 cm³/mol. The maximum absolute atomic E-state index is 4.51. The molecule has 3 aromatic rings. The molecule has 1 heterocycles. The van der Waals surface area contributed by atoms with Crippen LogP contribution in [0.1, 0.15) is 29.8 Å². The van der Waals surface area contributed by atoms with Crippen LogP contribution in [-0.2, 0) is 18.5 Å². The molecule has 0 unspecified atom stereocenters. The summed E-state index contributed by atoms with van der Waals surface area (Å²) in [5, 5.41) is 6.91. The Kier molecular flexibility index (Phi) is 5.42. The average Bonchev–Trinajstić information content (AvgIpc) is 3.42. The molecule has 4 rings (SSSR count). The minimum Gasteiger partial charge on any atom is -0.356 e. The Morgan fingerprint density at radius 3 is 2.43 bits per heavy atom. The van der Waals surface area contributed by atoms with E-state index in [2.05, 4.69) is 79.8 Å². The molecular weight excluding hydrogens is 346 g/mol. The Morgan fingerprint density at radius 1 is 1.04 bits per heavy atom. The molecule has 5 nitrogen and oxygen atoms in total. The zero-order valence-electron chi connectivity index (χ0n) is 16.3. The first-order valence-corrected chi connectivity index (χ1v) is 9.83. The summed E-state index contributed by atoms with van der Waals surface area (Å²) in [5.41, 5.74) is 2.93. The molecule has 0 radical (unpaired) electrons. The Bertz CT molecular complexity index is 910. The number of benzene rings is 2. The van der Waals surface area contributed by atoms with Gasteiger partial charge in [-0.2, -0.15) is 0 Å². The third-order valence-corrected chi connectivity index (χ3v) is 5.47. The van der Waals surface area contributed by atoms with E-state index in [4.69, 9.17) is 0 Å². The van der Waals surface area contributed by atoms with Crippen molar-refractivity contribution in [2.75, 3.05) is 13.6 Å². The van der Waals surface area contributed by atoms with Crippen molar-refractivity contribution in [2.24, 2.45) is 4.99 Å². The van der Waals surface area contributed by atoms with Crippen LogP contribution in [0.3, 0.4) is 0 Å². The molecule has 0 spiro atoms. The van der Waals surface area contributed by atoms with Crippen LogP contribution < -0.4 is 10.6 Å². The average molecular weight is 374 g/mol. The van der Waals surface area contributed by atoms with E-state index >= 15 is 0 Å². The molecule has 1 fully saturated rings. The van der Waals surface area contributed by atoms with Gasteiger partial charge in [-0.05, 0) is 24.0 Å². The Labute approximate surface area is 166 Å². The first-order chi connectivity index (χ1) is 13.8. The van der Waals surface area contributed by atoms with Gasteiger partial charge in [0.05, 0.1) is 6.54 Å². The van der Waals surface area contributed by atoms with Gasteiger partial charge in [-0.3, -0.25) is 4.99 Å². The van der Waals surface area contributed by atoms with Crippen molar-refractivity contribution in [3.05, 3.63) is 90.0 Å². The second-order valence-electron chi connectivity index (χ2n) is 7.38. The van der Waals surface area contributed by atoms with Gasteiger partial charge in [0, 0.05) is 37.9 Å². The molecule has 1 saturated carbocycles. The minimum absolute atomic E-state index is 0.255. The quantitative estimate of drug-likeness (QED) is 0.493. The zero-order chi connectivity index (χ0) is 19.2. The second kappa shape index (κ2) is 8.30. The molecule has 144 valence electrons. The fraction of sp³-hybridized carbons (Fsp3) is 0.304. The number of aromatic nitrogens is 2. The predicted octanol–water partition coefficient (Wildman–Crippen LogP) is 3.33. The highest BCUT2D eigenvalue weighted by Gasteiger charge is 2.43. The largest absolute Gasteiger partial charge is 0.356 e. The van der Waals surface area contributed by atoms with Crippen molar-refractivity contribution in [1.29, 1.82) is 0 Å². The van der Waals surface area contributed by atoms with E-state index in [9.17, 15) is 0 Å². The van der Waals surface area contributed by atoms with E-state index < -0.39 is 0 Å². The number of nitrogens with one attached hydrogen (secondary N) is 2. The Balaban J connectivity index is 1.33. The van der Waals surface area contributed by atoms with Crippen LogP contribution in [0.2, 0.25) is 0 Å². The second-order valence-corrected chi connectivity index (χ2v) is 7.38. The van der Waals surface area contributed by atoms with Gasteiger partial charge in [0.2, 0.25) is 0 Å². The summed E-state index contributed by atoms with van der Waals surface area (Å²) >= 11 is 0. The van der Waals surface area contributed by atoms with E-state index in [-0.39, 0.29) is 5.41 Å². The standard InChI is InChI=1S/C23H27N5/c1-24-22(27-18-23(12-13-23)20-10-6-3-7-11-20)26-16-21-25-14-15-28(21)17-19-8-4-2-5-9-19/h2-11,14-15H,12-13,16-18H2,1H3,(H2,24,26,27). The van der Waals surface area contributed by atoms with Crippen LogP contribution in [-0.4, -0.2) is 29.1 Å². The SMILES string of the molecule is CN=C(NCc1nccn1Cc1ccccc1)NCC1(c2ccccc2)CC1. The number of hydrogen-bond acceptors (Lipinski definition) is 2. The molecule has 5 heteroatoms. The first kappa shape index (κ1) is 18.3. The van der Waals surface area contributed by atoms with Gasteiger partial charge in [-0.1, -0.05) is 60.7 Å². The fourth-order valence-corrected chi connectivity index (χ4v) is 3.58. The molecule has 0 amide bonds. The fourth-order valence-electron chi connectivity index (χ4n) is 3.58. The van der Waals surface area contributed by atoms with Crippen LogP contribution in [0, 0.1) is 0 Å². The highest BCUT2D eigenvalue weighted by molar-refractivity contribution is 5.79. The maximum Gasteiger partial charge on any atom is 0.191 e. The van der Waals surface area contributed by atoms with Crippen LogP contribution in [0.4, 0.5) is 0 Å². The molecule has 0 atom stereocenters. The molecule has 2 aromatic carbocycles. The van der Waals surface area contributed by atoms with E-state index in [1.165, 1.54) is 24.0 Å². The first-order valence-electron chi connectivity index (χ1n) is 9.83. The van der Waals surface area contributed by atoms with Gasteiger partial charge in [0.1, 0.15) is 5.82 Å². The third kappa shape index (κ3) is 4.25. The van der Waals surface area contributed by atoms with Crippen molar-refractivity contribution >= 4 is 5.96 Å². The van der Waals surface area contributed by atoms with Gasteiger partial charge in [0.25, 0.3) is 0 Å². The summed E-state index contributed by atoms with van der Waals surface area (Å²) in [6.45, 7) is 2.36. The van der Waals surface area contributed by atoms with Crippen LogP contribution in [0.25, 0.3) is 0 Å². The topological polar surface area (TPSA) is 54.2 Å². The smallest absolute Gasteiger partial charge is 0.191 e. The number of nitrogens with zero attached hydrogens (tertiary/aromatic N) is 3. The zero-order valence-corrected chi connectivity index (χ0v) is 16.3. The molecule has 1 aromatic heterocycles. The van der Waals surface area contributed by atoms with Crippen molar-refractivity contribution < 1.29 is 0 Å². The van der Waals surface area contributed by atoms with Crippen LogP contribution in [0.15, 0.2) is 78.0 Å². The summed E-state index contributed by atoms with van der Waals surface area (Å²) in [4.78, 5) is 8.89. The molecule has 1 aliphatic carbocycles. The summed E-state index contributed by atoms with van der Waals surface area (Å²) in [6.07, 6.45) is 6.32. The van der Waals surface area contributed by atoms with Gasteiger partial charge < -0.3 is 15.2 Å². The van der Waals surface area contributed by atoms with Crippen molar-refractivity contribution in [3.8, 4) is 0 Å². The molecule has 1 aliphatic rings. The normalized spacial score (nSPS) is 15.2. The Hall–Kier alpha value is -3.08. The van der Waals surface area contributed by atoms with Gasteiger partial charge in [-0.15, -0.1) is 0 Å². The molecular formula is C23H27N5. The molecule has 0 saturated heterocycles. The summed E-state index contributed by atoms with van der Waals surface area (Å²) in [5.74, 6) is 1.81. The Morgan fingerprint density at radius 2 is 1.75 bits per heavy atom. The highest BCUT2D eigenvalue weighted by Crippen LogP contribution is 2.47. The molecule has 2 N–H and O–H groups in total. The number of rotatable bonds is 7. The molecule has 0 aliphatic heterocycles. The van der Waals surface area contributed by atoms with E-state index in [1.54, 1.807) is 0 Å². The van der Waals surface area contributed by atoms with Crippen molar-refractivity contribution in [2.45, 2.75) is 31.3 Å². The van der Waals surface area contributed by atoms with Crippen molar-refractivity contribution in [1.82, 2.24) is 20.2 Å². The number of hydrogen-bond donors (Lipinski definition) is 2. The molecule has 28 heavy (non-hydrogen) atoms. The van der Waals surface area contributed by atoms with E-state index in [1.807, 2.05) is 25.5 Å². The lowest BCUT2D eigenvalue weighted by atomic mass is 9.96. The van der Waals surface area contributed by atoms with Gasteiger partial charge >= 0.3 is 0 Å². The van der Waals surface area contributed by atoms with Crippen LogP contribution in [0.5, 0.6) is 0 Å². The number of imidazole rings is 1. The number of guanidine groups is 1. The van der Waals surface area contributed by atoms with Gasteiger partial charge in [-0.25, -0.2) is 4.98 Å². The van der Waals surface area contributed by atoms with Crippen molar-refractivity contribution in [3.63, 3.8) is 0 Å². The summed E-state index contributed by atoms with van der Waals surface area (Å²) < 4.78 is 2.17. The molecule has 0 bridgehead atoms. The highest BCUT2D eigenvalue weighted by atomic mass is 15.2. The lowest BCUT2D eigenvalue weighted by molar-refractivity contribution is 0.636. The van der Waals surface area contributed by atoms with Crippen LogP contribution >= 0.6 is 0 Å². The monoisotopic (exact) mass is 373 g/mol. The summed E-state index contributed by atoms with van der Waals surface area (Å²) in [7, 11) is 1.81. The lowest BCUT2D eigenvalue weighted by Crippen LogP contribution is -2.41. The van der Waals surface area contributed by atoms with Gasteiger partial charge in [0.15, 0.2) is 5.96 Å². The van der Waals surface area contributed by atoms with E-state index in [0.29, 0.717) is 6.54 Å². The minimum atomic E-state index is 0.255. The number of aliphatic imine (C=N–C) groups is 1. The lowest BCUT2D eigenvalue weighted by Gasteiger charge is -2.19. The maximum atomic E-state index is 4.51. The third-order valence-electron chi connectivity index (χ3n) is 5.47.